The van der Waals surface area contributed by atoms with E-state index < -0.39 is 6.10 Å². The zero-order chi connectivity index (χ0) is 16.5. The summed E-state index contributed by atoms with van der Waals surface area (Å²) >= 11 is 0. The standard InChI is InChI=1S/C18H23NO4/c1-3-22-17-6-4-14(5-7-17)19-12-15(20)13-23-18-10-8-16(21-2)9-11-18/h4-11,15,19-20H,3,12-13H2,1-2H3/t15-/m0/s1. The first-order chi connectivity index (χ1) is 11.2. The van der Waals surface area contributed by atoms with E-state index in [1.807, 2.05) is 55.5 Å². The maximum Gasteiger partial charge on any atom is 0.119 e. The number of anilines is 1. The van der Waals surface area contributed by atoms with E-state index in [2.05, 4.69) is 5.32 Å². The first-order valence-corrected chi connectivity index (χ1v) is 7.63. The van der Waals surface area contributed by atoms with Crippen molar-refractivity contribution in [1.29, 1.82) is 0 Å². The van der Waals surface area contributed by atoms with Gasteiger partial charge in [0, 0.05) is 12.2 Å². The fourth-order valence-electron chi connectivity index (χ4n) is 1.99. The maximum absolute atomic E-state index is 9.97. The topological polar surface area (TPSA) is 60.0 Å². The molecule has 2 N–H and O–H groups in total. The lowest BCUT2D eigenvalue weighted by Crippen LogP contribution is -2.26. The Balaban J connectivity index is 1.72. The van der Waals surface area contributed by atoms with Crippen LogP contribution < -0.4 is 19.5 Å². The third kappa shape index (κ3) is 5.71. The number of nitrogens with one attached hydrogen (secondary N) is 1. The molecule has 0 aliphatic carbocycles. The van der Waals surface area contributed by atoms with Gasteiger partial charge in [-0.25, -0.2) is 0 Å². The Bertz CT molecular complexity index is 569. The van der Waals surface area contributed by atoms with Crippen molar-refractivity contribution in [3.8, 4) is 17.2 Å². The lowest BCUT2D eigenvalue weighted by molar-refractivity contribution is 0.117. The Morgan fingerprint density at radius 2 is 1.48 bits per heavy atom. The van der Waals surface area contributed by atoms with Crippen LogP contribution in [0.2, 0.25) is 0 Å². The predicted octanol–water partition coefficient (Wildman–Crippen LogP) is 2.95. The minimum atomic E-state index is -0.608. The van der Waals surface area contributed by atoms with Gasteiger partial charge >= 0.3 is 0 Å². The molecule has 0 aromatic heterocycles. The minimum absolute atomic E-state index is 0.219. The van der Waals surface area contributed by atoms with E-state index >= 15 is 0 Å². The summed E-state index contributed by atoms with van der Waals surface area (Å²) in [6, 6.07) is 14.9. The normalized spacial score (nSPS) is 11.6. The van der Waals surface area contributed by atoms with Crippen molar-refractivity contribution >= 4 is 5.69 Å². The van der Waals surface area contributed by atoms with Gasteiger partial charge in [-0.3, -0.25) is 0 Å². The van der Waals surface area contributed by atoms with Gasteiger partial charge in [0.05, 0.1) is 13.7 Å². The second-order valence-corrected chi connectivity index (χ2v) is 4.98. The molecule has 0 saturated heterocycles. The van der Waals surface area contributed by atoms with E-state index in [9.17, 15) is 5.11 Å². The second-order valence-electron chi connectivity index (χ2n) is 4.98. The Kier molecular flexibility index (Phi) is 6.56. The monoisotopic (exact) mass is 317 g/mol. The molecular weight excluding hydrogens is 294 g/mol. The molecule has 0 saturated carbocycles. The Labute approximate surface area is 136 Å². The predicted molar refractivity (Wildman–Crippen MR) is 90.6 cm³/mol. The Morgan fingerprint density at radius 3 is 2.09 bits per heavy atom. The first kappa shape index (κ1) is 17.0. The van der Waals surface area contributed by atoms with E-state index in [4.69, 9.17) is 14.2 Å². The third-order valence-electron chi connectivity index (χ3n) is 3.21. The summed E-state index contributed by atoms with van der Waals surface area (Å²) in [4.78, 5) is 0. The molecule has 2 aromatic rings. The van der Waals surface area contributed by atoms with Crippen molar-refractivity contribution in [2.45, 2.75) is 13.0 Å². The molecule has 0 aliphatic heterocycles. The van der Waals surface area contributed by atoms with E-state index in [0.717, 1.165) is 17.2 Å². The van der Waals surface area contributed by atoms with Crippen molar-refractivity contribution in [2.75, 3.05) is 32.2 Å². The Hall–Kier alpha value is -2.40. The molecule has 0 radical (unpaired) electrons. The van der Waals surface area contributed by atoms with E-state index in [1.165, 1.54) is 0 Å². The third-order valence-corrected chi connectivity index (χ3v) is 3.21. The number of methoxy groups -OCH3 is 1. The number of rotatable bonds is 9. The van der Waals surface area contributed by atoms with Gasteiger partial charge in [-0.15, -0.1) is 0 Å². The van der Waals surface area contributed by atoms with Crippen molar-refractivity contribution in [3.63, 3.8) is 0 Å². The van der Waals surface area contributed by atoms with Crippen LogP contribution in [-0.4, -0.2) is 38.1 Å². The molecule has 0 fully saturated rings. The van der Waals surface area contributed by atoms with Crippen LogP contribution >= 0.6 is 0 Å². The van der Waals surface area contributed by atoms with Gasteiger partial charge < -0.3 is 24.6 Å². The van der Waals surface area contributed by atoms with Crippen LogP contribution in [0, 0.1) is 0 Å². The summed E-state index contributed by atoms with van der Waals surface area (Å²) in [5.74, 6) is 2.31. The maximum atomic E-state index is 9.97. The summed E-state index contributed by atoms with van der Waals surface area (Å²) in [5.41, 5.74) is 0.928. The number of aliphatic hydroxyl groups is 1. The second kappa shape index (κ2) is 8.90. The van der Waals surface area contributed by atoms with Crippen LogP contribution in [0.3, 0.4) is 0 Å². The first-order valence-electron chi connectivity index (χ1n) is 7.63. The molecule has 2 rings (SSSR count). The number of aliphatic hydroxyl groups excluding tert-OH is 1. The lowest BCUT2D eigenvalue weighted by atomic mass is 10.3. The van der Waals surface area contributed by atoms with E-state index in [1.54, 1.807) is 7.11 Å². The van der Waals surface area contributed by atoms with Gasteiger partial charge in [-0.05, 0) is 55.5 Å². The van der Waals surface area contributed by atoms with Crippen molar-refractivity contribution in [2.24, 2.45) is 0 Å². The van der Waals surface area contributed by atoms with Gasteiger partial charge in [-0.1, -0.05) is 0 Å². The highest BCUT2D eigenvalue weighted by molar-refractivity contribution is 5.46. The van der Waals surface area contributed by atoms with Crippen LogP contribution in [0.15, 0.2) is 48.5 Å². The fraction of sp³-hybridized carbons (Fsp3) is 0.333. The van der Waals surface area contributed by atoms with Gasteiger partial charge in [0.1, 0.15) is 30.0 Å². The summed E-state index contributed by atoms with van der Waals surface area (Å²) in [5, 5.41) is 13.1. The van der Waals surface area contributed by atoms with E-state index in [0.29, 0.717) is 18.9 Å². The molecule has 5 heteroatoms. The molecule has 5 nitrogen and oxygen atoms in total. The molecule has 124 valence electrons. The highest BCUT2D eigenvalue weighted by Gasteiger charge is 2.06. The van der Waals surface area contributed by atoms with Crippen LogP contribution in [0.4, 0.5) is 5.69 Å². The van der Waals surface area contributed by atoms with E-state index in [-0.39, 0.29) is 6.61 Å². The van der Waals surface area contributed by atoms with Gasteiger partial charge in [-0.2, -0.15) is 0 Å². The average Bonchev–Trinajstić information content (AvgIpc) is 2.60. The lowest BCUT2D eigenvalue weighted by Gasteiger charge is -2.14. The summed E-state index contributed by atoms with van der Waals surface area (Å²) in [7, 11) is 1.62. The zero-order valence-electron chi connectivity index (χ0n) is 13.5. The number of ether oxygens (including phenoxy) is 3. The molecule has 1 atom stereocenters. The quantitative estimate of drug-likeness (QED) is 0.744. The Morgan fingerprint density at radius 1 is 0.913 bits per heavy atom. The van der Waals surface area contributed by atoms with Crippen molar-refractivity contribution in [3.05, 3.63) is 48.5 Å². The minimum Gasteiger partial charge on any atom is -0.497 e. The smallest absolute Gasteiger partial charge is 0.119 e. The molecule has 23 heavy (non-hydrogen) atoms. The molecule has 0 unspecified atom stereocenters. The van der Waals surface area contributed by atoms with Crippen LogP contribution in [-0.2, 0) is 0 Å². The summed E-state index contributed by atoms with van der Waals surface area (Å²) < 4.78 is 16.0. The van der Waals surface area contributed by atoms with Crippen molar-refractivity contribution < 1.29 is 19.3 Å². The number of benzene rings is 2. The zero-order valence-corrected chi connectivity index (χ0v) is 13.5. The number of hydrogen-bond acceptors (Lipinski definition) is 5. The summed E-state index contributed by atoms with van der Waals surface area (Å²) in [6.45, 7) is 3.22. The molecule has 0 spiro atoms. The van der Waals surface area contributed by atoms with Crippen LogP contribution in [0.25, 0.3) is 0 Å². The van der Waals surface area contributed by atoms with Gasteiger partial charge in [0.15, 0.2) is 0 Å². The largest absolute Gasteiger partial charge is 0.497 e. The van der Waals surface area contributed by atoms with Gasteiger partial charge in [0.2, 0.25) is 0 Å². The molecule has 2 aromatic carbocycles. The van der Waals surface area contributed by atoms with Crippen LogP contribution in [0.1, 0.15) is 6.92 Å². The highest BCUT2D eigenvalue weighted by Crippen LogP contribution is 2.18. The SMILES string of the molecule is CCOc1ccc(NC[C@H](O)COc2ccc(OC)cc2)cc1. The fourth-order valence-corrected chi connectivity index (χ4v) is 1.99. The van der Waals surface area contributed by atoms with Crippen molar-refractivity contribution in [1.82, 2.24) is 0 Å². The molecule has 0 bridgehead atoms. The van der Waals surface area contributed by atoms with Gasteiger partial charge in [0.25, 0.3) is 0 Å². The molecular formula is C18H23NO4. The molecule has 0 amide bonds. The average molecular weight is 317 g/mol. The highest BCUT2D eigenvalue weighted by atomic mass is 16.5. The number of hydrogen-bond donors (Lipinski definition) is 2. The molecule has 0 aliphatic rings. The molecule has 0 heterocycles. The van der Waals surface area contributed by atoms with Crippen LogP contribution in [0.5, 0.6) is 17.2 Å². The summed E-state index contributed by atoms with van der Waals surface area (Å²) in [6.07, 6.45) is -0.608.